The smallest absolute Gasteiger partial charge is 0.419 e. The predicted octanol–water partition coefficient (Wildman–Crippen LogP) is 2.34. The molecule has 0 radical (unpaired) electrons. The van der Waals surface area contributed by atoms with Crippen LogP contribution in [0.3, 0.4) is 0 Å². The summed E-state index contributed by atoms with van der Waals surface area (Å²) < 4.78 is 43.4. The van der Waals surface area contributed by atoms with Crippen molar-refractivity contribution in [3.05, 3.63) is 29.3 Å². The Morgan fingerprint density at radius 3 is 2.47 bits per heavy atom. The molecule has 0 aliphatic carbocycles. The monoisotopic (exact) mass is 277 g/mol. The molecule has 106 valence electrons. The van der Waals surface area contributed by atoms with E-state index < -0.39 is 23.3 Å². The second-order valence-electron chi connectivity index (χ2n) is 4.17. The number of hydrogen-bond acceptors (Lipinski definition) is 3. The molecule has 1 aromatic rings. The average molecular weight is 277 g/mol. The number of likely N-dealkylation sites (N-methyl/N-ethyl adjacent to an activating group) is 1. The number of carboxylic acid groups (broad SMARTS) is 1. The number of aromatic carboxylic acids is 1. The topological polar surface area (TPSA) is 49.8 Å². The molecule has 0 atom stereocenters. The minimum absolute atomic E-state index is 0.0858. The fraction of sp³-hybridized carbons (Fsp3) is 0.417. The molecule has 4 nitrogen and oxygen atoms in total. The Kier molecular flexibility index (Phi) is 4.77. The van der Waals surface area contributed by atoms with Crippen molar-refractivity contribution in [3.63, 3.8) is 0 Å². The highest BCUT2D eigenvalue weighted by Gasteiger charge is 2.35. The number of nitrogens with zero attached hydrogens (tertiary/aromatic N) is 1. The Morgan fingerprint density at radius 2 is 2.00 bits per heavy atom. The van der Waals surface area contributed by atoms with Gasteiger partial charge in [-0.3, -0.25) is 0 Å². The molecule has 0 aliphatic rings. The summed E-state index contributed by atoms with van der Waals surface area (Å²) in [7, 11) is 3.53. The summed E-state index contributed by atoms with van der Waals surface area (Å²) in [5.41, 5.74) is -1.50. The van der Waals surface area contributed by atoms with E-state index in [9.17, 15) is 18.0 Å². The number of carboxylic acids is 1. The van der Waals surface area contributed by atoms with E-state index in [0.29, 0.717) is 12.6 Å². The van der Waals surface area contributed by atoms with E-state index in [1.54, 1.807) is 19.0 Å². The van der Waals surface area contributed by atoms with Crippen LogP contribution in [0.1, 0.15) is 15.9 Å². The highest BCUT2D eigenvalue weighted by atomic mass is 19.4. The molecule has 1 aromatic carbocycles. The zero-order chi connectivity index (χ0) is 14.6. The van der Waals surface area contributed by atoms with Gasteiger partial charge in [0.25, 0.3) is 0 Å². The van der Waals surface area contributed by atoms with Crippen molar-refractivity contribution in [2.75, 3.05) is 27.2 Å². The first kappa shape index (κ1) is 15.3. The number of rotatable bonds is 5. The van der Waals surface area contributed by atoms with Crippen molar-refractivity contribution >= 4 is 5.97 Å². The molecule has 0 bridgehead atoms. The molecule has 0 fully saturated rings. The van der Waals surface area contributed by atoms with Crippen LogP contribution in [0.15, 0.2) is 18.2 Å². The van der Waals surface area contributed by atoms with Gasteiger partial charge < -0.3 is 14.7 Å². The number of carbonyl (C=O) groups is 1. The van der Waals surface area contributed by atoms with Crippen LogP contribution in [-0.2, 0) is 6.18 Å². The summed E-state index contributed by atoms with van der Waals surface area (Å²) in [4.78, 5) is 12.4. The van der Waals surface area contributed by atoms with E-state index in [0.717, 1.165) is 12.1 Å². The molecule has 0 unspecified atom stereocenters. The summed E-state index contributed by atoms with van der Waals surface area (Å²) in [6.45, 7) is 0.542. The van der Waals surface area contributed by atoms with Gasteiger partial charge in [0.15, 0.2) is 0 Å². The summed E-state index contributed by atoms with van der Waals surface area (Å²) in [6.07, 6.45) is -4.65. The summed E-state index contributed by atoms with van der Waals surface area (Å²) in [5.74, 6) is -1.77. The first-order chi connectivity index (χ1) is 8.71. The standard InChI is InChI=1S/C12H14F3NO3/c1-16(2)5-6-19-10-4-3-8(11(17)18)7-9(10)12(13,14)15/h3-4,7H,5-6H2,1-2H3,(H,17,18). The van der Waals surface area contributed by atoms with Crippen LogP contribution in [-0.4, -0.2) is 43.2 Å². The van der Waals surface area contributed by atoms with Crippen LogP contribution in [0.2, 0.25) is 0 Å². The highest BCUT2D eigenvalue weighted by molar-refractivity contribution is 5.88. The number of halogens is 3. The molecule has 7 heteroatoms. The molecule has 0 aliphatic heterocycles. The van der Waals surface area contributed by atoms with E-state index in [-0.39, 0.29) is 12.4 Å². The number of alkyl halides is 3. The zero-order valence-corrected chi connectivity index (χ0v) is 10.5. The lowest BCUT2D eigenvalue weighted by Crippen LogP contribution is -2.20. The van der Waals surface area contributed by atoms with Gasteiger partial charge in [-0.15, -0.1) is 0 Å². The maximum atomic E-state index is 12.8. The third-order valence-electron chi connectivity index (χ3n) is 2.33. The first-order valence-corrected chi connectivity index (χ1v) is 5.44. The minimum Gasteiger partial charge on any atom is -0.492 e. The van der Waals surface area contributed by atoms with Crippen LogP contribution in [0.5, 0.6) is 5.75 Å². The van der Waals surface area contributed by atoms with Crippen molar-refractivity contribution in [1.29, 1.82) is 0 Å². The Labute approximate surface area is 108 Å². The van der Waals surface area contributed by atoms with Crippen molar-refractivity contribution in [2.45, 2.75) is 6.18 Å². The third kappa shape index (κ3) is 4.44. The van der Waals surface area contributed by atoms with E-state index in [1.807, 2.05) is 0 Å². The van der Waals surface area contributed by atoms with Gasteiger partial charge in [0.2, 0.25) is 0 Å². The number of ether oxygens (including phenoxy) is 1. The molecule has 0 heterocycles. The fourth-order valence-electron chi connectivity index (χ4n) is 1.35. The number of hydrogen-bond donors (Lipinski definition) is 1. The van der Waals surface area contributed by atoms with Gasteiger partial charge in [0, 0.05) is 6.54 Å². The van der Waals surface area contributed by atoms with Gasteiger partial charge in [-0.2, -0.15) is 13.2 Å². The molecule has 1 rings (SSSR count). The molecule has 0 spiro atoms. The second-order valence-corrected chi connectivity index (χ2v) is 4.17. The highest BCUT2D eigenvalue weighted by Crippen LogP contribution is 2.36. The van der Waals surface area contributed by atoms with Gasteiger partial charge in [-0.25, -0.2) is 4.79 Å². The third-order valence-corrected chi connectivity index (χ3v) is 2.33. The Hall–Kier alpha value is -1.76. The lowest BCUT2D eigenvalue weighted by atomic mass is 10.1. The Bertz CT molecular complexity index is 458. The maximum absolute atomic E-state index is 12.8. The molecule has 1 N–H and O–H groups in total. The second kappa shape index (κ2) is 5.92. The van der Waals surface area contributed by atoms with E-state index in [1.165, 1.54) is 0 Å². The van der Waals surface area contributed by atoms with E-state index >= 15 is 0 Å². The molecule has 0 amide bonds. The van der Waals surface area contributed by atoms with Crippen LogP contribution >= 0.6 is 0 Å². The molecular weight excluding hydrogens is 263 g/mol. The zero-order valence-electron chi connectivity index (χ0n) is 10.5. The van der Waals surface area contributed by atoms with Gasteiger partial charge in [-0.1, -0.05) is 0 Å². The molecule has 19 heavy (non-hydrogen) atoms. The van der Waals surface area contributed by atoms with Crippen LogP contribution in [0, 0.1) is 0 Å². The van der Waals surface area contributed by atoms with Gasteiger partial charge in [0.05, 0.1) is 11.1 Å². The quantitative estimate of drug-likeness (QED) is 0.897. The lowest BCUT2D eigenvalue weighted by molar-refractivity contribution is -0.139. The van der Waals surface area contributed by atoms with Gasteiger partial charge in [-0.05, 0) is 32.3 Å². The Balaban J connectivity index is 3.00. The largest absolute Gasteiger partial charge is 0.492 e. The predicted molar refractivity (Wildman–Crippen MR) is 62.5 cm³/mol. The van der Waals surface area contributed by atoms with Crippen LogP contribution < -0.4 is 4.74 Å². The van der Waals surface area contributed by atoms with E-state index in [2.05, 4.69) is 0 Å². The summed E-state index contributed by atoms with van der Waals surface area (Å²) >= 11 is 0. The van der Waals surface area contributed by atoms with Crippen molar-refractivity contribution in [3.8, 4) is 5.75 Å². The average Bonchev–Trinajstić information content (AvgIpc) is 2.27. The minimum atomic E-state index is -4.65. The lowest BCUT2D eigenvalue weighted by Gasteiger charge is -2.16. The van der Waals surface area contributed by atoms with Gasteiger partial charge in [0.1, 0.15) is 12.4 Å². The normalized spacial score (nSPS) is 11.7. The van der Waals surface area contributed by atoms with Crippen molar-refractivity contribution in [2.24, 2.45) is 0 Å². The summed E-state index contributed by atoms with van der Waals surface area (Å²) in [6, 6.07) is 2.69. The number of benzene rings is 1. The molecule has 0 saturated carbocycles. The molecule has 0 aromatic heterocycles. The molecular formula is C12H14F3NO3. The van der Waals surface area contributed by atoms with Gasteiger partial charge >= 0.3 is 12.1 Å². The summed E-state index contributed by atoms with van der Waals surface area (Å²) in [5, 5.41) is 8.70. The first-order valence-electron chi connectivity index (χ1n) is 5.44. The van der Waals surface area contributed by atoms with Crippen LogP contribution in [0.25, 0.3) is 0 Å². The van der Waals surface area contributed by atoms with E-state index in [4.69, 9.17) is 9.84 Å². The Morgan fingerprint density at radius 1 is 1.37 bits per heavy atom. The maximum Gasteiger partial charge on any atom is 0.419 e. The van der Waals surface area contributed by atoms with Crippen molar-refractivity contribution < 1.29 is 27.8 Å². The molecule has 0 saturated heterocycles. The van der Waals surface area contributed by atoms with Crippen LogP contribution in [0.4, 0.5) is 13.2 Å². The SMILES string of the molecule is CN(C)CCOc1ccc(C(=O)O)cc1C(F)(F)F. The van der Waals surface area contributed by atoms with Crippen molar-refractivity contribution in [1.82, 2.24) is 4.90 Å². The fourth-order valence-corrected chi connectivity index (χ4v) is 1.35.